The van der Waals surface area contributed by atoms with Crippen LogP contribution >= 0.6 is 0 Å². The molecule has 0 unspecified atom stereocenters. The van der Waals surface area contributed by atoms with Crippen molar-refractivity contribution in [3.63, 3.8) is 0 Å². The number of rotatable bonds is 6. The van der Waals surface area contributed by atoms with E-state index in [0.29, 0.717) is 0 Å². The van der Waals surface area contributed by atoms with Crippen LogP contribution < -0.4 is 4.90 Å². The summed E-state index contributed by atoms with van der Waals surface area (Å²) in [5.74, 6) is 0.882. The molecular formula is C54H35NO. The van der Waals surface area contributed by atoms with E-state index in [4.69, 9.17) is 4.42 Å². The van der Waals surface area contributed by atoms with Gasteiger partial charge >= 0.3 is 0 Å². The quantitative estimate of drug-likeness (QED) is 0.160. The molecule has 11 rings (SSSR count). The maximum absolute atomic E-state index is 6.18. The van der Waals surface area contributed by atoms with Crippen LogP contribution in [-0.4, -0.2) is 0 Å². The van der Waals surface area contributed by atoms with Gasteiger partial charge < -0.3 is 9.32 Å². The largest absolute Gasteiger partial charge is 0.456 e. The highest BCUT2D eigenvalue weighted by atomic mass is 16.3. The van der Waals surface area contributed by atoms with Crippen LogP contribution in [0.5, 0.6) is 0 Å². The van der Waals surface area contributed by atoms with Gasteiger partial charge in [-0.3, -0.25) is 0 Å². The van der Waals surface area contributed by atoms with Gasteiger partial charge in [0.25, 0.3) is 0 Å². The molecule has 0 saturated heterocycles. The topological polar surface area (TPSA) is 16.4 Å². The fourth-order valence-electron chi connectivity index (χ4n) is 8.42. The second-order valence-corrected chi connectivity index (χ2v) is 14.5. The van der Waals surface area contributed by atoms with Crippen molar-refractivity contribution in [1.29, 1.82) is 0 Å². The van der Waals surface area contributed by atoms with E-state index in [9.17, 15) is 0 Å². The van der Waals surface area contributed by atoms with E-state index in [1.54, 1.807) is 0 Å². The molecule has 2 heteroatoms. The Kier molecular flexibility index (Phi) is 7.53. The Hall–Kier alpha value is -7.42. The molecule has 0 atom stereocenters. The summed E-state index contributed by atoms with van der Waals surface area (Å²) >= 11 is 0. The molecule has 0 spiro atoms. The molecule has 2 nitrogen and oxygen atoms in total. The minimum absolute atomic E-state index is 0.882. The van der Waals surface area contributed by atoms with E-state index >= 15 is 0 Å². The summed E-state index contributed by atoms with van der Waals surface area (Å²) in [6.45, 7) is 0. The SMILES string of the molecule is c1cc(-c2ccc(-c3ccc(N(c4ccc5c(ccc6ccccc65)c4)c4cc5ccccc5c5ccccc45)cc3)cc2)cc(-c2cc3ccccc3o2)c1. The number of hydrogen-bond acceptors (Lipinski definition) is 2. The molecule has 0 bridgehead atoms. The number of furan rings is 1. The smallest absolute Gasteiger partial charge is 0.135 e. The van der Waals surface area contributed by atoms with Crippen molar-refractivity contribution < 1.29 is 4.42 Å². The van der Waals surface area contributed by atoms with Crippen LogP contribution in [0.4, 0.5) is 17.1 Å². The van der Waals surface area contributed by atoms with Crippen LogP contribution in [0.1, 0.15) is 0 Å². The maximum atomic E-state index is 6.18. The first-order valence-electron chi connectivity index (χ1n) is 19.2. The van der Waals surface area contributed by atoms with Gasteiger partial charge in [-0.15, -0.1) is 0 Å². The molecular weight excluding hydrogens is 679 g/mol. The predicted octanol–water partition coefficient (Wildman–Crippen LogP) is 15.5. The number of benzene rings is 10. The van der Waals surface area contributed by atoms with Gasteiger partial charge in [0.1, 0.15) is 11.3 Å². The minimum atomic E-state index is 0.882. The Morgan fingerprint density at radius 3 is 1.59 bits per heavy atom. The lowest BCUT2D eigenvalue weighted by atomic mass is 9.97. The lowest BCUT2D eigenvalue weighted by Crippen LogP contribution is -2.10. The Bertz CT molecular complexity index is 3210. The first-order chi connectivity index (χ1) is 27.7. The van der Waals surface area contributed by atoms with Crippen LogP contribution in [0, 0.1) is 0 Å². The lowest BCUT2D eigenvalue weighted by Gasteiger charge is -2.28. The maximum Gasteiger partial charge on any atom is 0.135 e. The first-order valence-corrected chi connectivity index (χ1v) is 19.2. The van der Waals surface area contributed by atoms with Gasteiger partial charge in [-0.2, -0.15) is 0 Å². The van der Waals surface area contributed by atoms with Crippen LogP contribution in [-0.2, 0) is 0 Å². The fourth-order valence-corrected chi connectivity index (χ4v) is 8.42. The molecule has 0 N–H and O–H groups in total. The van der Waals surface area contributed by atoms with Gasteiger partial charge in [-0.05, 0) is 108 Å². The summed E-state index contributed by atoms with van der Waals surface area (Å²) in [7, 11) is 0. The monoisotopic (exact) mass is 713 g/mol. The zero-order valence-corrected chi connectivity index (χ0v) is 30.6. The van der Waals surface area contributed by atoms with Gasteiger partial charge in [-0.25, -0.2) is 0 Å². The van der Waals surface area contributed by atoms with Crippen LogP contribution in [0.3, 0.4) is 0 Å². The average molecular weight is 714 g/mol. The van der Waals surface area contributed by atoms with Gasteiger partial charge in [0.2, 0.25) is 0 Å². The summed E-state index contributed by atoms with van der Waals surface area (Å²) in [5.41, 5.74) is 10.0. The second kappa shape index (κ2) is 13.2. The third-order valence-corrected chi connectivity index (χ3v) is 11.2. The highest BCUT2D eigenvalue weighted by Gasteiger charge is 2.18. The van der Waals surface area contributed by atoms with E-state index in [2.05, 4.69) is 199 Å². The van der Waals surface area contributed by atoms with Crippen molar-refractivity contribution in [3.8, 4) is 33.6 Å². The summed E-state index contributed by atoms with van der Waals surface area (Å²) in [6, 6.07) is 76.6. The molecule has 0 aliphatic heterocycles. The number of hydrogen-bond donors (Lipinski definition) is 0. The summed E-state index contributed by atoms with van der Waals surface area (Å²) in [6.07, 6.45) is 0. The number of fused-ring (bicyclic) bond motifs is 7. The standard InChI is InChI=1S/C54H35NO/c1-4-15-47-39(10-1)24-25-42-33-46(30-31-49(42)47)55(52-34-41-11-2-5-16-48(41)50-17-6-7-18-51(50)52)45-28-26-37(27-29-45)36-20-22-38(23-21-36)40-13-9-14-43(32-40)54-35-44-12-3-8-19-53(44)56-54/h1-35H. The van der Waals surface area contributed by atoms with Crippen LogP contribution in [0.2, 0.25) is 0 Å². The zero-order valence-electron chi connectivity index (χ0n) is 30.6. The average Bonchev–Trinajstić information content (AvgIpc) is 3.72. The summed E-state index contributed by atoms with van der Waals surface area (Å²) in [5, 5.41) is 11.1. The van der Waals surface area contributed by atoms with E-state index in [1.165, 1.54) is 59.8 Å². The molecule has 0 fully saturated rings. The normalized spacial score (nSPS) is 11.6. The molecule has 0 aliphatic carbocycles. The van der Waals surface area contributed by atoms with Gasteiger partial charge in [0.05, 0.1) is 5.69 Å². The van der Waals surface area contributed by atoms with Crippen molar-refractivity contribution >= 4 is 71.1 Å². The van der Waals surface area contributed by atoms with Crippen molar-refractivity contribution in [2.75, 3.05) is 4.90 Å². The number of para-hydroxylation sites is 1. The molecule has 0 aliphatic rings. The molecule has 0 saturated carbocycles. The molecule has 1 aromatic heterocycles. The van der Waals surface area contributed by atoms with Gasteiger partial charge in [-0.1, -0.05) is 164 Å². The number of anilines is 3. The van der Waals surface area contributed by atoms with E-state index in [1.807, 2.05) is 18.2 Å². The van der Waals surface area contributed by atoms with Crippen LogP contribution in [0.15, 0.2) is 217 Å². The summed E-state index contributed by atoms with van der Waals surface area (Å²) < 4.78 is 6.18. The number of nitrogens with zero attached hydrogens (tertiary/aromatic N) is 1. The molecule has 11 aromatic rings. The molecule has 1 heterocycles. The third-order valence-electron chi connectivity index (χ3n) is 11.2. The van der Waals surface area contributed by atoms with Gasteiger partial charge in [0, 0.05) is 27.7 Å². The minimum Gasteiger partial charge on any atom is -0.456 e. The second-order valence-electron chi connectivity index (χ2n) is 14.5. The Labute approximate surface area is 325 Å². The van der Waals surface area contributed by atoms with E-state index in [0.717, 1.165) is 44.9 Å². The first kappa shape index (κ1) is 32.0. The van der Waals surface area contributed by atoms with Gasteiger partial charge in [0.15, 0.2) is 0 Å². The highest BCUT2D eigenvalue weighted by Crippen LogP contribution is 2.43. The van der Waals surface area contributed by atoms with E-state index in [-0.39, 0.29) is 0 Å². The molecule has 262 valence electrons. The Morgan fingerprint density at radius 2 is 0.821 bits per heavy atom. The van der Waals surface area contributed by atoms with Crippen molar-refractivity contribution in [1.82, 2.24) is 0 Å². The fraction of sp³-hybridized carbons (Fsp3) is 0. The lowest BCUT2D eigenvalue weighted by molar-refractivity contribution is 0.631. The summed E-state index contributed by atoms with van der Waals surface area (Å²) in [4.78, 5) is 2.42. The Balaban J connectivity index is 0.979. The third kappa shape index (κ3) is 5.51. The van der Waals surface area contributed by atoms with E-state index < -0.39 is 0 Å². The molecule has 0 radical (unpaired) electrons. The van der Waals surface area contributed by atoms with Crippen molar-refractivity contribution in [2.45, 2.75) is 0 Å². The highest BCUT2D eigenvalue weighted by molar-refractivity contribution is 6.15. The Morgan fingerprint density at radius 1 is 0.286 bits per heavy atom. The van der Waals surface area contributed by atoms with Crippen molar-refractivity contribution in [3.05, 3.63) is 212 Å². The van der Waals surface area contributed by atoms with Crippen molar-refractivity contribution in [2.24, 2.45) is 0 Å². The molecule has 0 amide bonds. The predicted molar refractivity (Wildman–Crippen MR) is 237 cm³/mol. The molecule has 56 heavy (non-hydrogen) atoms. The zero-order chi connectivity index (χ0) is 37.0. The van der Waals surface area contributed by atoms with Crippen LogP contribution in [0.25, 0.3) is 87.6 Å². The molecule has 10 aromatic carbocycles.